The molecule has 0 radical (unpaired) electrons. The molecular formula is C50H96O6. The summed E-state index contributed by atoms with van der Waals surface area (Å²) < 4.78 is 16.8. The maximum absolute atomic E-state index is 12.8. The topological polar surface area (TPSA) is 78.9 Å². The Morgan fingerprint density at radius 1 is 0.339 bits per heavy atom. The van der Waals surface area contributed by atoms with E-state index in [1.807, 2.05) is 0 Å². The molecule has 0 fully saturated rings. The standard InChI is InChI=1S/C50H96O6/c1-5-7-9-11-13-15-17-19-20-21-23-25-27-29-35-39-43-50(53)56-47(45-55-49(52)42-38-34-31-30-32-36-40-46(3)4)44-54-48(51)41-37-33-28-26-24-22-18-16-14-12-10-8-6-2/h46-47H,5-45H2,1-4H3/t47-/m1/s1. The smallest absolute Gasteiger partial charge is 0.306 e. The van der Waals surface area contributed by atoms with Crippen LogP contribution < -0.4 is 0 Å². The summed E-state index contributed by atoms with van der Waals surface area (Å²) >= 11 is 0. The van der Waals surface area contributed by atoms with E-state index in [2.05, 4.69) is 27.7 Å². The lowest BCUT2D eigenvalue weighted by atomic mass is 10.0. The van der Waals surface area contributed by atoms with E-state index in [1.54, 1.807) is 0 Å². The molecule has 0 saturated carbocycles. The molecule has 0 aliphatic carbocycles. The van der Waals surface area contributed by atoms with Crippen molar-refractivity contribution in [1.29, 1.82) is 0 Å². The number of carbonyl (C=O) groups is 3. The lowest BCUT2D eigenvalue weighted by Gasteiger charge is -2.18. The Balaban J connectivity index is 4.28. The van der Waals surface area contributed by atoms with Gasteiger partial charge in [0.05, 0.1) is 0 Å². The van der Waals surface area contributed by atoms with Crippen LogP contribution in [0, 0.1) is 5.92 Å². The summed E-state index contributed by atoms with van der Waals surface area (Å²) in [7, 11) is 0. The van der Waals surface area contributed by atoms with Crippen LogP contribution in [0.25, 0.3) is 0 Å². The van der Waals surface area contributed by atoms with Gasteiger partial charge >= 0.3 is 17.9 Å². The fourth-order valence-electron chi connectivity index (χ4n) is 7.51. The predicted octanol–water partition coefficient (Wildman–Crippen LogP) is 15.9. The Kier molecular flexibility index (Phi) is 43.2. The second-order valence-electron chi connectivity index (χ2n) is 17.6. The summed E-state index contributed by atoms with van der Waals surface area (Å²) in [6.07, 6.45) is 45.3. The van der Waals surface area contributed by atoms with Crippen molar-refractivity contribution in [3.8, 4) is 0 Å². The lowest BCUT2D eigenvalue weighted by Crippen LogP contribution is -2.30. The van der Waals surface area contributed by atoms with E-state index < -0.39 is 6.10 Å². The van der Waals surface area contributed by atoms with Gasteiger partial charge in [0.2, 0.25) is 0 Å². The Morgan fingerprint density at radius 2 is 0.589 bits per heavy atom. The first-order chi connectivity index (χ1) is 27.4. The molecule has 0 aromatic carbocycles. The summed E-state index contributed by atoms with van der Waals surface area (Å²) in [6.45, 7) is 8.95. The van der Waals surface area contributed by atoms with E-state index in [1.165, 1.54) is 173 Å². The van der Waals surface area contributed by atoms with E-state index in [9.17, 15) is 14.4 Å². The molecule has 332 valence electrons. The van der Waals surface area contributed by atoms with Gasteiger partial charge in [-0.05, 0) is 25.2 Å². The molecule has 0 spiro atoms. The number of esters is 3. The van der Waals surface area contributed by atoms with Crippen molar-refractivity contribution in [2.45, 2.75) is 284 Å². The number of unbranched alkanes of at least 4 members (excludes halogenated alkanes) is 32. The molecule has 0 saturated heterocycles. The van der Waals surface area contributed by atoms with Crippen molar-refractivity contribution in [3.05, 3.63) is 0 Å². The largest absolute Gasteiger partial charge is 0.462 e. The molecule has 0 rings (SSSR count). The Bertz CT molecular complexity index is 841. The minimum Gasteiger partial charge on any atom is -0.462 e. The molecule has 0 aliphatic heterocycles. The number of hydrogen-bond donors (Lipinski definition) is 0. The molecule has 0 unspecified atom stereocenters. The summed E-state index contributed by atoms with van der Waals surface area (Å²) in [5.74, 6) is -0.0886. The van der Waals surface area contributed by atoms with E-state index in [0.717, 1.165) is 63.7 Å². The predicted molar refractivity (Wildman–Crippen MR) is 238 cm³/mol. The normalized spacial score (nSPS) is 11.9. The van der Waals surface area contributed by atoms with Crippen LogP contribution in [0.15, 0.2) is 0 Å². The van der Waals surface area contributed by atoms with Gasteiger partial charge in [-0.2, -0.15) is 0 Å². The van der Waals surface area contributed by atoms with Crippen LogP contribution >= 0.6 is 0 Å². The summed E-state index contributed by atoms with van der Waals surface area (Å²) in [4.78, 5) is 37.8. The van der Waals surface area contributed by atoms with Crippen LogP contribution in [0.3, 0.4) is 0 Å². The van der Waals surface area contributed by atoms with Crippen LogP contribution in [-0.2, 0) is 28.6 Å². The zero-order chi connectivity index (χ0) is 41.0. The number of rotatable bonds is 45. The maximum atomic E-state index is 12.8. The van der Waals surface area contributed by atoms with Crippen molar-refractivity contribution >= 4 is 17.9 Å². The quantitative estimate of drug-likeness (QED) is 0.0347. The van der Waals surface area contributed by atoms with Gasteiger partial charge in [-0.3, -0.25) is 14.4 Å². The molecule has 0 bridgehead atoms. The molecule has 0 aliphatic rings. The first-order valence-electron chi connectivity index (χ1n) is 24.9. The van der Waals surface area contributed by atoms with Crippen LogP contribution in [0.1, 0.15) is 278 Å². The van der Waals surface area contributed by atoms with E-state index in [4.69, 9.17) is 14.2 Å². The van der Waals surface area contributed by atoms with Gasteiger partial charge in [0, 0.05) is 19.3 Å². The van der Waals surface area contributed by atoms with Gasteiger partial charge in [0.15, 0.2) is 6.10 Å². The van der Waals surface area contributed by atoms with Gasteiger partial charge in [-0.15, -0.1) is 0 Å². The molecule has 6 nitrogen and oxygen atoms in total. The Hall–Kier alpha value is -1.59. The highest BCUT2D eigenvalue weighted by Gasteiger charge is 2.19. The zero-order valence-electron chi connectivity index (χ0n) is 38.1. The minimum atomic E-state index is -0.760. The third kappa shape index (κ3) is 43.5. The van der Waals surface area contributed by atoms with Gasteiger partial charge < -0.3 is 14.2 Å². The Morgan fingerprint density at radius 3 is 0.875 bits per heavy atom. The molecule has 0 heterocycles. The number of hydrogen-bond acceptors (Lipinski definition) is 6. The van der Waals surface area contributed by atoms with Crippen molar-refractivity contribution in [3.63, 3.8) is 0 Å². The number of ether oxygens (including phenoxy) is 3. The zero-order valence-corrected chi connectivity index (χ0v) is 38.1. The van der Waals surface area contributed by atoms with E-state index in [-0.39, 0.29) is 31.1 Å². The maximum Gasteiger partial charge on any atom is 0.306 e. The molecule has 1 atom stereocenters. The SMILES string of the molecule is CCCCCCCCCCCCCCCCCCC(=O)O[C@H](COC(=O)CCCCCCCCCCCCCCC)COC(=O)CCCCCCCCC(C)C. The van der Waals surface area contributed by atoms with Gasteiger partial charge in [-0.1, -0.05) is 240 Å². The number of carbonyl (C=O) groups excluding carboxylic acids is 3. The van der Waals surface area contributed by atoms with E-state index >= 15 is 0 Å². The first-order valence-corrected chi connectivity index (χ1v) is 24.9. The highest BCUT2D eigenvalue weighted by Crippen LogP contribution is 2.17. The molecule has 0 aromatic rings. The van der Waals surface area contributed by atoms with Crippen LogP contribution in [0.5, 0.6) is 0 Å². The van der Waals surface area contributed by atoms with Crippen molar-refractivity contribution in [2.24, 2.45) is 5.92 Å². The highest BCUT2D eigenvalue weighted by molar-refractivity contribution is 5.71. The van der Waals surface area contributed by atoms with Gasteiger partial charge in [0.25, 0.3) is 0 Å². The van der Waals surface area contributed by atoms with Gasteiger partial charge in [0.1, 0.15) is 13.2 Å². The highest BCUT2D eigenvalue weighted by atomic mass is 16.6. The third-order valence-corrected chi connectivity index (χ3v) is 11.3. The van der Waals surface area contributed by atoms with Crippen LogP contribution in [-0.4, -0.2) is 37.2 Å². The third-order valence-electron chi connectivity index (χ3n) is 11.3. The molecule has 6 heteroatoms. The first kappa shape index (κ1) is 54.4. The van der Waals surface area contributed by atoms with E-state index in [0.29, 0.717) is 19.3 Å². The monoisotopic (exact) mass is 793 g/mol. The minimum absolute atomic E-state index is 0.0639. The molecule has 0 aromatic heterocycles. The average Bonchev–Trinajstić information content (AvgIpc) is 3.18. The van der Waals surface area contributed by atoms with Crippen LogP contribution in [0.4, 0.5) is 0 Å². The fraction of sp³-hybridized carbons (Fsp3) is 0.940. The van der Waals surface area contributed by atoms with Crippen molar-refractivity contribution in [1.82, 2.24) is 0 Å². The Labute approximate surface area is 348 Å². The molecule has 0 amide bonds. The second kappa shape index (κ2) is 44.5. The molecule has 56 heavy (non-hydrogen) atoms. The second-order valence-corrected chi connectivity index (χ2v) is 17.6. The molecule has 0 N–H and O–H groups in total. The van der Waals surface area contributed by atoms with Crippen molar-refractivity contribution in [2.75, 3.05) is 13.2 Å². The summed E-state index contributed by atoms with van der Waals surface area (Å²) in [5.41, 5.74) is 0. The lowest BCUT2D eigenvalue weighted by molar-refractivity contribution is -0.167. The summed E-state index contributed by atoms with van der Waals surface area (Å²) in [5, 5.41) is 0. The van der Waals surface area contributed by atoms with Gasteiger partial charge in [-0.25, -0.2) is 0 Å². The van der Waals surface area contributed by atoms with Crippen LogP contribution in [0.2, 0.25) is 0 Å². The summed E-state index contributed by atoms with van der Waals surface area (Å²) in [6, 6.07) is 0. The molecular weight excluding hydrogens is 697 g/mol. The fourth-order valence-corrected chi connectivity index (χ4v) is 7.51. The van der Waals surface area contributed by atoms with Crippen molar-refractivity contribution < 1.29 is 28.6 Å². The average molecular weight is 793 g/mol.